The Morgan fingerprint density at radius 3 is 2.29 bits per heavy atom. The van der Waals surface area contributed by atoms with Crippen LogP contribution >= 0.6 is 0 Å². The third-order valence-electron chi connectivity index (χ3n) is 5.38. The summed E-state index contributed by atoms with van der Waals surface area (Å²) in [5.74, 6) is -1.21. The number of benzene rings is 3. The van der Waals surface area contributed by atoms with Crippen molar-refractivity contribution in [2.24, 2.45) is 0 Å². The number of rotatable bonds is 8. The number of carbonyl (C=O) groups excluding carboxylic acids is 1. The zero-order valence-electron chi connectivity index (χ0n) is 18.9. The molecule has 0 aromatic heterocycles. The molecule has 1 unspecified atom stereocenters. The van der Waals surface area contributed by atoms with Gasteiger partial charge in [0.25, 0.3) is 5.91 Å². The molecule has 0 fully saturated rings. The fourth-order valence-electron chi connectivity index (χ4n) is 3.31. The van der Waals surface area contributed by atoms with Gasteiger partial charge in [0.05, 0.1) is 5.56 Å². The summed E-state index contributed by atoms with van der Waals surface area (Å²) in [5.41, 5.74) is -0.516. The lowest BCUT2D eigenvalue weighted by atomic mass is 10.1. The molecular weight excluding hydrogens is 486 g/mol. The average molecular weight is 510 g/mol. The summed E-state index contributed by atoms with van der Waals surface area (Å²) >= 11 is 0. The maximum Gasteiger partial charge on any atom is 0.416 e. The molecule has 10 heteroatoms. The Morgan fingerprint density at radius 2 is 1.66 bits per heavy atom. The van der Waals surface area contributed by atoms with Gasteiger partial charge in [-0.15, -0.1) is 0 Å². The van der Waals surface area contributed by atoms with Crippen LogP contribution in [0, 0.1) is 5.82 Å². The van der Waals surface area contributed by atoms with Crippen molar-refractivity contribution in [1.29, 1.82) is 0 Å². The smallest absolute Gasteiger partial charge is 0.379 e. The van der Waals surface area contributed by atoms with Crippen LogP contribution in [0.1, 0.15) is 41.8 Å². The van der Waals surface area contributed by atoms with Crippen molar-refractivity contribution >= 4 is 16.0 Å². The lowest BCUT2D eigenvalue weighted by Gasteiger charge is -2.29. The summed E-state index contributed by atoms with van der Waals surface area (Å²) in [6.07, 6.45) is -4.04. The summed E-state index contributed by atoms with van der Waals surface area (Å²) in [6.45, 7) is 3.62. The van der Waals surface area contributed by atoms with E-state index in [-0.39, 0.29) is 28.8 Å². The van der Waals surface area contributed by atoms with E-state index in [4.69, 9.17) is 4.18 Å². The van der Waals surface area contributed by atoms with Gasteiger partial charge in [-0.1, -0.05) is 25.1 Å². The van der Waals surface area contributed by atoms with E-state index >= 15 is 0 Å². The molecule has 3 aromatic rings. The van der Waals surface area contributed by atoms with Crippen molar-refractivity contribution in [2.45, 2.75) is 43.9 Å². The second kappa shape index (κ2) is 10.5. The van der Waals surface area contributed by atoms with Crippen LogP contribution in [0.3, 0.4) is 0 Å². The molecule has 1 atom stereocenters. The highest BCUT2D eigenvalue weighted by Gasteiger charge is 2.31. The van der Waals surface area contributed by atoms with Crippen LogP contribution in [-0.4, -0.2) is 25.3 Å². The van der Waals surface area contributed by atoms with Gasteiger partial charge in [-0.05, 0) is 73.5 Å². The first-order valence-corrected chi connectivity index (χ1v) is 12.1. The number of amides is 1. The number of alkyl halides is 3. The number of hydrogen-bond acceptors (Lipinski definition) is 4. The molecule has 0 radical (unpaired) electrons. The fraction of sp³-hybridized carbons (Fsp3) is 0.240. The van der Waals surface area contributed by atoms with Crippen molar-refractivity contribution in [1.82, 2.24) is 4.90 Å². The zero-order chi connectivity index (χ0) is 25.8. The molecule has 3 aromatic carbocycles. The average Bonchev–Trinajstić information content (AvgIpc) is 2.81. The molecule has 0 spiro atoms. The molecule has 35 heavy (non-hydrogen) atoms. The zero-order valence-corrected chi connectivity index (χ0v) is 19.7. The minimum absolute atomic E-state index is 0.0118. The van der Waals surface area contributed by atoms with Crippen molar-refractivity contribution in [3.05, 3.63) is 95.3 Å². The second-order valence-electron chi connectivity index (χ2n) is 7.91. The predicted molar refractivity (Wildman–Crippen MR) is 122 cm³/mol. The molecule has 0 aliphatic carbocycles. The third-order valence-corrected chi connectivity index (χ3v) is 6.64. The van der Waals surface area contributed by atoms with Crippen molar-refractivity contribution in [3.8, 4) is 5.75 Å². The molecule has 0 N–H and O–H groups in total. The van der Waals surface area contributed by atoms with Crippen LogP contribution in [0.25, 0.3) is 0 Å². The van der Waals surface area contributed by atoms with E-state index in [1.165, 1.54) is 35.2 Å². The topological polar surface area (TPSA) is 63.7 Å². The van der Waals surface area contributed by atoms with Gasteiger partial charge in [-0.3, -0.25) is 4.79 Å². The number of nitrogens with zero attached hydrogens (tertiary/aromatic N) is 1. The molecule has 5 nitrogen and oxygen atoms in total. The highest BCUT2D eigenvalue weighted by atomic mass is 32.2. The van der Waals surface area contributed by atoms with E-state index in [0.29, 0.717) is 12.0 Å². The van der Waals surface area contributed by atoms with Gasteiger partial charge in [-0.2, -0.15) is 21.6 Å². The largest absolute Gasteiger partial charge is 0.416 e. The Kier molecular flexibility index (Phi) is 7.84. The van der Waals surface area contributed by atoms with E-state index in [2.05, 4.69) is 0 Å². The van der Waals surface area contributed by atoms with E-state index in [1.54, 1.807) is 13.0 Å². The van der Waals surface area contributed by atoms with Crippen LogP contribution < -0.4 is 4.18 Å². The Labute approximate surface area is 201 Å². The number of halogens is 4. The first-order valence-electron chi connectivity index (χ1n) is 10.7. The van der Waals surface area contributed by atoms with Gasteiger partial charge in [0.15, 0.2) is 0 Å². The summed E-state index contributed by atoms with van der Waals surface area (Å²) in [5, 5.41) is 0. The monoisotopic (exact) mass is 509 g/mol. The van der Waals surface area contributed by atoms with E-state index in [9.17, 15) is 30.8 Å². The molecule has 1 amide bonds. The van der Waals surface area contributed by atoms with Gasteiger partial charge >= 0.3 is 16.3 Å². The SMILES string of the molecule is CCC(C)N(Cc1cccc(OS(=O)(=O)c2ccc(F)cc2)c1)C(=O)c1cccc(C(F)(F)F)c1. The molecule has 0 bridgehead atoms. The van der Waals surface area contributed by atoms with Gasteiger partial charge in [0.1, 0.15) is 16.5 Å². The summed E-state index contributed by atoms with van der Waals surface area (Å²) in [6, 6.07) is 14.1. The van der Waals surface area contributed by atoms with Gasteiger partial charge in [-0.25, -0.2) is 4.39 Å². The van der Waals surface area contributed by atoms with Crippen LogP contribution in [-0.2, 0) is 22.8 Å². The number of hydrogen-bond donors (Lipinski definition) is 0. The Hall–Kier alpha value is -3.40. The third kappa shape index (κ3) is 6.60. The molecule has 0 aliphatic heterocycles. The van der Waals surface area contributed by atoms with E-state index in [0.717, 1.165) is 36.4 Å². The molecule has 0 saturated carbocycles. The molecule has 0 aliphatic rings. The summed E-state index contributed by atoms with van der Waals surface area (Å²) in [7, 11) is -4.23. The quantitative estimate of drug-likeness (QED) is 0.274. The maximum atomic E-state index is 13.2. The van der Waals surface area contributed by atoms with Crippen LogP contribution in [0.15, 0.2) is 77.7 Å². The van der Waals surface area contributed by atoms with Crippen LogP contribution in [0.5, 0.6) is 5.75 Å². The lowest BCUT2D eigenvalue weighted by Crippen LogP contribution is -2.37. The normalized spacial score (nSPS) is 12.7. The van der Waals surface area contributed by atoms with E-state index < -0.39 is 33.6 Å². The Bertz CT molecular complexity index is 1290. The summed E-state index contributed by atoms with van der Waals surface area (Å²) < 4.78 is 82.6. The minimum Gasteiger partial charge on any atom is -0.379 e. The highest BCUT2D eigenvalue weighted by molar-refractivity contribution is 7.87. The highest BCUT2D eigenvalue weighted by Crippen LogP contribution is 2.30. The number of carbonyl (C=O) groups is 1. The molecule has 0 heterocycles. The lowest BCUT2D eigenvalue weighted by molar-refractivity contribution is -0.137. The standard InChI is InChI=1S/C25H23F4NO4S/c1-3-17(2)30(24(31)19-7-5-8-20(15-19)25(27,28)29)16-18-6-4-9-22(14-18)34-35(32,33)23-12-10-21(26)11-13-23/h4-15,17H,3,16H2,1-2H3. The minimum atomic E-state index is -4.58. The Balaban J connectivity index is 1.85. The molecule has 0 saturated heterocycles. The van der Waals surface area contributed by atoms with E-state index in [1.807, 2.05) is 6.92 Å². The van der Waals surface area contributed by atoms with Crippen LogP contribution in [0.2, 0.25) is 0 Å². The Morgan fingerprint density at radius 1 is 1.00 bits per heavy atom. The molecule has 3 rings (SSSR count). The molecule has 186 valence electrons. The van der Waals surface area contributed by atoms with Gasteiger partial charge in [0, 0.05) is 18.2 Å². The fourth-order valence-corrected chi connectivity index (χ4v) is 4.23. The first-order chi connectivity index (χ1) is 16.4. The second-order valence-corrected chi connectivity index (χ2v) is 9.45. The molecular formula is C25H23F4NO4S. The predicted octanol–water partition coefficient (Wildman–Crippen LogP) is 6.05. The van der Waals surface area contributed by atoms with Crippen molar-refractivity contribution in [2.75, 3.05) is 0 Å². The van der Waals surface area contributed by atoms with Crippen LogP contribution in [0.4, 0.5) is 17.6 Å². The maximum absolute atomic E-state index is 13.2. The van der Waals surface area contributed by atoms with Gasteiger partial charge < -0.3 is 9.08 Å². The first kappa shape index (κ1) is 26.2. The van der Waals surface area contributed by atoms with Crippen molar-refractivity contribution in [3.63, 3.8) is 0 Å². The summed E-state index contributed by atoms with van der Waals surface area (Å²) in [4.78, 5) is 14.3. The van der Waals surface area contributed by atoms with Crippen molar-refractivity contribution < 1.29 is 35.0 Å². The van der Waals surface area contributed by atoms with Gasteiger partial charge in [0.2, 0.25) is 0 Å².